The molecule has 0 bridgehead atoms. The second kappa shape index (κ2) is 3.43. The highest BCUT2D eigenvalue weighted by Gasteiger charge is 2.27. The van der Waals surface area contributed by atoms with E-state index in [1.165, 1.54) is 0 Å². The van der Waals surface area contributed by atoms with Crippen molar-refractivity contribution < 1.29 is 13.5 Å². The summed E-state index contributed by atoms with van der Waals surface area (Å²) in [7, 11) is -3.63. The molecule has 0 atom stereocenters. The smallest absolute Gasteiger partial charge is 0.326 e. The zero-order valence-corrected chi connectivity index (χ0v) is 8.48. The molecule has 1 aromatic heterocycles. The Balaban J connectivity index is 2.20. The van der Waals surface area contributed by atoms with E-state index in [1.54, 1.807) is 24.4 Å². The maximum Gasteiger partial charge on any atom is 0.326 e. The van der Waals surface area contributed by atoms with Gasteiger partial charge in [-0.15, -0.1) is 0 Å². The van der Waals surface area contributed by atoms with Crippen molar-refractivity contribution in [3.63, 3.8) is 0 Å². The van der Waals surface area contributed by atoms with Crippen molar-refractivity contribution in [2.75, 3.05) is 0 Å². The first kappa shape index (κ1) is 9.78. The summed E-state index contributed by atoms with van der Waals surface area (Å²) in [6, 6.07) is 5.22. The lowest BCUT2D eigenvalue weighted by atomic mass is 10.3. The zero-order chi connectivity index (χ0) is 10.9. The van der Waals surface area contributed by atoms with Gasteiger partial charge in [0, 0.05) is 6.20 Å². The largest absolute Gasteiger partial charge is 0.493 e. The average Bonchev–Trinajstić information content (AvgIpc) is 2.41. The molecule has 0 saturated carbocycles. The Morgan fingerprint density at radius 1 is 1.47 bits per heavy atom. The van der Waals surface area contributed by atoms with Crippen molar-refractivity contribution in [3.8, 4) is 0 Å². The quantitative estimate of drug-likeness (QED) is 0.750. The number of hydrogen-bond donors (Lipinski definition) is 2. The molecule has 6 nitrogen and oxygen atoms in total. The molecule has 0 unspecified atom stereocenters. The summed E-state index contributed by atoms with van der Waals surface area (Å²) in [6.45, 7) is 0.0975. The molecular formula is C8H9N3O3S. The van der Waals surface area contributed by atoms with E-state index in [-0.39, 0.29) is 12.4 Å². The molecule has 0 aliphatic carbocycles. The first-order valence-electron chi connectivity index (χ1n) is 4.18. The van der Waals surface area contributed by atoms with E-state index in [2.05, 4.69) is 4.98 Å². The standard InChI is InChI=1S/C8H9N3O3S/c12-8-6-11(15(13,14)10-8)5-7-3-1-2-4-9-7/h1-4,6,10,12H,5H2. The van der Waals surface area contributed by atoms with Crippen LogP contribution in [0, 0.1) is 0 Å². The van der Waals surface area contributed by atoms with Crippen LogP contribution in [0.4, 0.5) is 0 Å². The SMILES string of the molecule is O=S1(=O)NC(O)=CN1Cc1ccccn1. The van der Waals surface area contributed by atoms with Crippen LogP contribution < -0.4 is 4.72 Å². The predicted molar refractivity (Wildman–Crippen MR) is 52.5 cm³/mol. The van der Waals surface area contributed by atoms with Gasteiger partial charge in [-0.05, 0) is 12.1 Å². The van der Waals surface area contributed by atoms with Gasteiger partial charge in [-0.25, -0.2) is 9.03 Å². The van der Waals surface area contributed by atoms with Gasteiger partial charge >= 0.3 is 10.2 Å². The van der Waals surface area contributed by atoms with Gasteiger partial charge in [-0.2, -0.15) is 8.42 Å². The maximum absolute atomic E-state index is 11.4. The van der Waals surface area contributed by atoms with Gasteiger partial charge in [0.15, 0.2) is 0 Å². The van der Waals surface area contributed by atoms with E-state index in [0.29, 0.717) is 5.69 Å². The molecule has 15 heavy (non-hydrogen) atoms. The third-order valence-corrected chi connectivity index (χ3v) is 3.17. The molecule has 0 amide bonds. The van der Waals surface area contributed by atoms with Gasteiger partial charge in [0.25, 0.3) is 0 Å². The highest BCUT2D eigenvalue weighted by Crippen LogP contribution is 2.13. The van der Waals surface area contributed by atoms with Crippen LogP contribution in [0.25, 0.3) is 0 Å². The lowest BCUT2D eigenvalue weighted by Crippen LogP contribution is -2.29. The number of nitrogens with zero attached hydrogens (tertiary/aromatic N) is 2. The number of aromatic nitrogens is 1. The molecule has 0 radical (unpaired) electrons. The Morgan fingerprint density at radius 2 is 2.27 bits per heavy atom. The number of aliphatic hydroxyl groups excluding tert-OH is 1. The van der Waals surface area contributed by atoms with Gasteiger partial charge in [0.05, 0.1) is 18.4 Å². The molecule has 1 aliphatic rings. The average molecular weight is 227 g/mol. The number of aliphatic hydroxyl groups is 1. The molecule has 1 aliphatic heterocycles. The molecule has 2 heterocycles. The van der Waals surface area contributed by atoms with Crippen molar-refractivity contribution in [3.05, 3.63) is 42.2 Å². The summed E-state index contributed by atoms with van der Waals surface area (Å²) in [5.74, 6) is -0.383. The first-order valence-corrected chi connectivity index (χ1v) is 5.62. The van der Waals surface area contributed by atoms with Gasteiger partial charge in [-0.1, -0.05) is 6.07 Å². The fourth-order valence-electron chi connectivity index (χ4n) is 1.20. The Bertz CT molecular complexity index is 483. The minimum atomic E-state index is -3.63. The van der Waals surface area contributed by atoms with Crippen molar-refractivity contribution in [2.24, 2.45) is 0 Å². The van der Waals surface area contributed by atoms with Crippen LogP contribution in [-0.4, -0.2) is 22.8 Å². The van der Waals surface area contributed by atoms with Crippen molar-refractivity contribution in [2.45, 2.75) is 6.54 Å². The fraction of sp³-hybridized carbons (Fsp3) is 0.125. The van der Waals surface area contributed by atoms with Crippen LogP contribution in [-0.2, 0) is 16.8 Å². The highest BCUT2D eigenvalue weighted by molar-refractivity contribution is 7.87. The molecule has 80 valence electrons. The lowest BCUT2D eigenvalue weighted by Gasteiger charge is -2.12. The zero-order valence-electron chi connectivity index (χ0n) is 7.66. The fourth-order valence-corrected chi connectivity index (χ4v) is 2.18. The normalized spacial score (nSPS) is 18.4. The number of pyridine rings is 1. The Hall–Kier alpha value is -1.76. The van der Waals surface area contributed by atoms with Crippen molar-refractivity contribution in [1.82, 2.24) is 14.0 Å². The van der Waals surface area contributed by atoms with Crippen LogP contribution in [0.15, 0.2) is 36.5 Å². The molecule has 2 N–H and O–H groups in total. The molecule has 0 aromatic carbocycles. The van der Waals surface area contributed by atoms with Gasteiger partial charge in [0.1, 0.15) is 0 Å². The van der Waals surface area contributed by atoms with E-state index >= 15 is 0 Å². The molecule has 0 saturated heterocycles. The number of nitrogens with one attached hydrogen (secondary N) is 1. The van der Waals surface area contributed by atoms with Crippen LogP contribution in [0.1, 0.15) is 5.69 Å². The molecule has 2 rings (SSSR count). The number of hydrogen-bond acceptors (Lipinski definition) is 4. The van der Waals surface area contributed by atoms with E-state index in [4.69, 9.17) is 5.11 Å². The third kappa shape index (κ3) is 2.01. The van der Waals surface area contributed by atoms with Crippen LogP contribution in [0.2, 0.25) is 0 Å². The van der Waals surface area contributed by atoms with Crippen LogP contribution in [0.5, 0.6) is 0 Å². The third-order valence-electron chi connectivity index (χ3n) is 1.85. The topological polar surface area (TPSA) is 82.5 Å². The molecular weight excluding hydrogens is 218 g/mol. The van der Waals surface area contributed by atoms with Gasteiger partial charge in [0.2, 0.25) is 5.88 Å². The summed E-state index contributed by atoms with van der Waals surface area (Å²) < 4.78 is 25.6. The second-order valence-corrected chi connectivity index (χ2v) is 4.61. The predicted octanol–water partition coefficient (Wildman–Crippen LogP) is 0.0885. The van der Waals surface area contributed by atoms with E-state index < -0.39 is 10.2 Å². The minimum absolute atomic E-state index is 0.0975. The summed E-state index contributed by atoms with van der Waals surface area (Å²) in [4.78, 5) is 3.99. The minimum Gasteiger partial charge on any atom is -0.493 e. The van der Waals surface area contributed by atoms with Crippen molar-refractivity contribution >= 4 is 10.2 Å². The monoisotopic (exact) mass is 227 g/mol. The molecule has 7 heteroatoms. The Morgan fingerprint density at radius 3 is 2.80 bits per heavy atom. The van der Waals surface area contributed by atoms with E-state index in [1.807, 2.05) is 4.72 Å². The Kier molecular flexibility index (Phi) is 2.24. The summed E-state index contributed by atoms with van der Waals surface area (Å²) in [6.07, 6.45) is 2.69. The molecule has 1 aromatic rings. The second-order valence-electron chi connectivity index (χ2n) is 2.99. The lowest BCUT2D eigenvalue weighted by molar-refractivity contribution is 0.389. The Labute approximate surface area is 87.1 Å². The number of rotatable bonds is 2. The van der Waals surface area contributed by atoms with Gasteiger partial charge < -0.3 is 5.11 Å². The summed E-state index contributed by atoms with van der Waals surface area (Å²) in [5.41, 5.74) is 0.605. The summed E-state index contributed by atoms with van der Waals surface area (Å²) >= 11 is 0. The molecule has 0 fully saturated rings. The van der Waals surface area contributed by atoms with Crippen LogP contribution in [0.3, 0.4) is 0 Å². The highest BCUT2D eigenvalue weighted by atomic mass is 32.2. The maximum atomic E-state index is 11.4. The molecule has 0 spiro atoms. The van der Waals surface area contributed by atoms with Crippen molar-refractivity contribution in [1.29, 1.82) is 0 Å². The summed E-state index contributed by atoms with van der Waals surface area (Å²) in [5, 5.41) is 9.02. The first-order chi connectivity index (χ1) is 7.08. The van der Waals surface area contributed by atoms with Crippen LogP contribution >= 0.6 is 0 Å². The van der Waals surface area contributed by atoms with E-state index in [0.717, 1.165) is 10.5 Å². The van der Waals surface area contributed by atoms with E-state index in [9.17, 15) is 8.42 Å². The van der Waals surface area contributed by atoms with Gasteiger partial charge in [-0.3, -0.25) is 4.98 Å².